The van der Waals surface area contributed by atoms with Gasteiger partial charge in [-0.15, -0.1) is 6.58 Å². The van der Waals surface area contributed by atoms with Gasteiger partial charge in [-0.3, -0.25) is 9.63 Å². The molecule has 1 atom stereocenters. The molecule has 0 aliphatic heterocycles. The van der Waals surface area contributed by atoms with Crippen molar-refractivity contribution in [1.29, 1.82) is 0 Å². The molecule has 0 saturated carbocycles. The van der Waals surface area contributed by atoms with Crippen LogP contribution >= 0.6 is 0 Å². The van der Waals surface area contributed by atoms with Crippen LogP contribution in [0.3, 0.4) is 0 Å². The zero-order valence-corrected chi connectivity index (χ0v) is 10.1. The summed E-state index contributed by atoms with van der Waals surface area (Å²) in [4.78, 5) is 27.3. The van der Waals surface area contributed by atoms with Crippen LogP contribution in [0.4, 0.5) is 4.79 Å². The van der Waals surface area contributed by atoms with Gasteiger partial charge in [-0.1, -0.05) is 18.2 Å². The summed E-state index contributed by atoms with van der Waals surface area (Å²) in [6.45, 7) is 8.92. The number of amides is 2. The van der Waals surface area contributed by atoms with Crippen molar-refractivity contribution in [1.82, 2.24) is 10.8 Å². The van der Waals surface area contributed by atoms with Gasteiger partial charge in [0.25, 0.3) is 5.91 Å². The van der Waals surface area contributed by atoms with E-state index in [-0.39, 0.29) is 6.61 Å². The summed E-state index contributed by atoms with van der Waals surface area (Å²) >= 11 is 0. The Bertz CT molecular complexity index is 302. The second-order valence-electron chi connectivity index (χ2n) is 3.42. The van der Waals surface area contributed by atoms with Crippen LogP contribution in [0.5, 0.6) is 0 Å². The number of rotatable bonds is 7. The van der Waals surface area contributed by atoms with E-state index in [1.54, 1.807) is 6.92 Å². The molecule has 0 rings (SSSR count). The van der Waals surface area contributed by atoms with Gasteiger partial charge in [-0.25, -0.2) is 10.3 Å². The van der Waals surface area contributed by atoms with E-state index in [9.17, 15) is 9.59 Å². The third-order valence-corrected chi connectivity index (χ3v) is 1.70. The Morgan fingerprint density at radius 1 is 1.47 bits per heavy atom. The molecule has 0 saturated heterocycles. The van der Waals surface area contributed by atoms with Crippen LogP contribution in [0.25, 0.3) is 0 Å². The van der Waals surface area contributed by atoms with E-state index in [1.165, 1.54) is 13.2 Å². The third kappa shape index (κ3) is 7.13. The summed E-state index contributed by atoms with van der Waals surface area (Å²) in [7, 11) is 1.31. The fraction of sp³-hybridized carbons (Fsp3) is 0.455. The third-order valence-electron chi connectivity index (χ3n) is 1.70. The van der Waals surface area contributed by atoms with Crippen molar-refractivity contribution in [3.05, 3.63) is 24.8 Å². The van der Waals surface area contributed by atoms with Crippen molar-refractivity contribution < 1.29 is 19.2 Å². The summed E-state index contributed by atoms with van der Waals surface area (Å²) in [6, 6.07) is -0.773. The first kappa shape index (κ1) is 15.2. The normalized spacial score (nSPS) is 11.2. The van der Waals surface area contributed by atoms with Gasteiger partial charge in [0, 0.05) is 0 Å². The van der Waals surface area contributed by atoms with E-state index < -0.39 is 18.0 Å². The molecule has 0 bridgehead atoms. The van der Waals surface area contributed by atoms with Crippen molar-refractivity contribution >= 4 is 12.0 Å². The molecule has 6 nitrogen and oxygen atoms in total. The first-order valence-electron chi connectivity index (χ1n) is 5.02. The Balaban J connectivity index is 4.36. The maximum Gasteiger partial charge on any atom is 0.408 e. The highest BCUT2D eigenvalue weighted by Gasteiger charge is 2.21. The minimum absolute atomic E-state index is 0.0809. The van der Waals surface area contributed by atoms with Gasteiger partial charge in [0.2, 0.25) is 0 Å². The number of hydroxylamine groups is 1. The lowest BCUT2D eigenvalue weighted by atomic mass is 10.1. The van der Waals surface area contributed by atoms with Crippen LogP contribution < -0.4 is 10.8 Å². The number of alkyl carbamates (subject to hydrolysis) is 1. The molecule has 6 heteroatoms. The average molecular weight is 242 g/mol. The quantitative estimate of drug-likeness (QED) is 0.514. The number of carbonyl (C=O) groups is 2. The largest absolute Gasteiger partial charge is 0.445 e. The van der Waals surface area contributed by atoms with Gasteiger partial charge in [-0.05, 0) is 13.3 Å². The smallest absolute Gasteiger partial charge is 0.408 e. The van der Waals surface area contributed by atoms with Gasteiger partial charge in [-0.2, -0.15) is 0 Å². The molecule has 0 fully saturated rings. The van der Waals surface area contributed by atoms with E-state index in [0.717, 1.165) is 5.57 Å². The van der Waals surface area contributed by atoms with Gasteiger partial charge >= 0.3 is 6.09 Å². The van der Waals surface area contributed by atoms with Crippen LogP contribution in [-0.4, -0.2) is 31.8 Å². The number of carbonyl (C=O) groups excluding carboxylic acids is 2. The highest BCUT2D eigenvalue weighted by molar-refractivity contribution is 5.85. The predicted molar refractivity (Wildman–Crippen MR) is 63.1 cm³/mol. The lowest BCUT2D eigenvalue weighted by Gasteiger charge is -2.17. The molecule has 0 aromatic rings. The van der Waals surface area contributed by atoms with Gasteiger partial charge in [0.15, 0.2) is 0 Å². The number of ether oxygens (including phenoxy) is 1. The molecule has 0 heterocycles. The molecule has 0 spiro atoms. The molecule has 0 aliphatic rings. The van der Waals surface area contributed by atoms with Crippen LogP contribution in [0.2, 0.25) is 0 Å². The monoisotopic (exact) mass is 242 g/mol. The first-order chi connectivity index (χ1) is 8.01. The Morgan fingerprint density at radius 2 is 2.12 bits per heavy atom. The summed E-state index contributed by atoms with van der Waals surface area (Å²) in [5.41, 5.74) is 2.90. The van der Waals surface area contributed by atoms with Crippen molar-refractivity contribution in [2.45, 2.75) is 19.4 Å². The van der Waals surface area contributed by atoms with E-state index in [1.807, 2.05) is 0 Å². The molecule has 96 valence electrons. The fourth-order valence-electron chi connectivity index (χ4n) is 1.05. The summed E-state index contributed by atoms with van der Waals surface area (Å²) < 4.78 is 4.71. The lowest BCUT2D eigenvalue weighted by molar-refractivity contribution is -0.133. The Labute approximate surface area is 101 Å². The highest BCUT2D eigenvalue weighted by atomic mass is 16.6. The van der Waals surface area contributed by atoms with E-state index >= 15 is 0 Å². The molecular formula is C11H18N2O4. The molecule has 0 aromatic heterocycles. The molecule has 2 N–H and O–H groups in total. The topological polar surface area (TPSA) is 76.7 Å². The number of hydrogen-bond donors (Lipinski definition) is 2. The minimum atomic E-state index is -0.773. The summed E-state index contributed by atoms with van der Waals surface area (Å²) in [5.74, 6) is -0.467. The van der Waals surface area contributed by atoms with Crippen molar-refractivity contribution in [2.75, 3.05) is 13.7 Å². The maximum absolute atomic E-state index is 11.5. The highest BCUT2D eigenvalue weighted by Crippen LogP contribution is 2.02. The van der Waals surface area contributed by atoms with Crippen LogP contribution in [-0.2, 0) is 14.4 Å². The Morgan fingerprint density at radius 3 is 2.59 bits per heavy atom. The minimum Gasteiger partial charge on any atom is -0.445 e. The van der Waals surface area contributed by atoms with E-state index in [0.29, 0.717) is 6.42 Å². The second kappa shape index (κ2) is 8.35. The standard InChI is InChI=1S/C11H18N2O4/c1-5-6-17-11(15)12-9(7-8(2)3)10(14)13-16-4/h5,9H,1-2,6-7H2,3-4H3,(H,12,15)(H,13,14). The molecule has 0 radical (unpaired) electrons. The van der Waals surface area contributed by atoms with E-state index in [2.05, 4.69) is 28.8 Å². The number of nitrogens with one attached hydrogen (secondary N) is 2. The van der Waals surface area contributed by atoms with Gasteiger partial charge in [0.1, 0.15) is 12.6 Å². The van der Waals surface area contributed by atoms with Crippen molar-refractivity contribution in [3.63, 3.8) is 0 Å². The molecular weight excluding hydrogens is 224 g/mol. The molecule has 2 amide bonds. The van der Waals surface area contributed by atoms with Crippen LogP contribution in [0.1, 0.15) is 13.3 Å². The summed E-state index contributed by atoms with van der Waals surface area (Å²) in [6.07, 6.45) is 1.04. The van der Waals surface area contributed by atoms with Crippen LogP contribution in [0.15, 0.2) is 24.8 Å². The van der Waals surface area contributed by atoms with Gasteiger partial charge < -0.3 is 10.1 Å². The molecule has 1 unspecified atom stereocenters. The predicted octanol–water partition coefficient (Wildman–Crippen LogP) is 0.911. The molecule has 0 aromatic carbocycles. The summed E-state index contributed by atoms with van der Waals surface area (Å²) in [5, 5.41) is 2.41. The van der Waals surface area contributed by atoms with Gasteiger partial charge in [0.05, 0.1) is 7.11 Å². The fourth-order valence-corrected chi connectivity index (χ4v) is 1.05. The second-order valence-corrected chi connectivity index (χ2v) is 3.42. The lowest BCUT2D eigenvalue weighted by Crippen LogP contribution is -2.46. The maximum atomic E-state index is 11.5. The Hall–Kier alpha value is -1.82. The van der Waals surface area contributed by atoms with Crippen LogP contribution in [0, 0.1) is 0 Å². The zero-order chi connectivity index (χ0) is 13.3. The van der Waals surface area contributed by atoms with Crippen molar-refractivity contribution in [2.24, 2.45) is 0 Å². The van der Waals surface area contributed by atoms with E-state index in [4.69, 9.17) is 4.74 Å². The number of hydrogen-bond acceptors (Lipinski definition) is 4. The SMILES string of the molecule is C=CCOC(=O)NC(CC(=C)C)C(=O)NOC. The molecule has 0 aliphatic carbocycles. The van der Waals surface area contributed by atoms with Crippen molar-refractivity contribution in [3.8, 4) is 0 Å². The first-order valence-corrected chi connectivity index (χ1v) is 5.02. The zero-order valence-electron chi connectivity index (χ0n) is 10.1. The molecule has 17 heavy (non-hydrogen) atoms. The Kier molecular flexibility index (Phi) is 7.45. The average Bonchev–Trinajstić information content (AvgIpc) is 2.25.